The number of likely N-dealkylation sites (tertiary alicyclic amines) is 1. The number of nitrogens with one attached hydrogen (secondary N) is 2. The highest BCUT2D eigenvalue weighted by atomic mass is 16.5. The van der Waals surface area contributed by atoms with Crippen molar-refractivity contribution in [1.29, 1.82) is 0 Å². The van der Waals surface area contributed by atoms with E-state index in [1.807, 2.05) is 24.4 Å². The molecular weight excluding hydrogens is 352 g/mol. The van der Waals surface area contributed by atoms with E-state index in [-0.39, 0.29) is 6.10 Å². The first-order chi connectivity index (χ1) is 13.7. The summed E-state index contributed by atoms with van der Waals surface area (Å²) in [6.45, 7) is 3.39. The lowest BCUT2D eigenvalue weighted by molar-refractivity contribution is -0.00284. The van der Waals surface area contributed by atoms with Crippen LogP contribution >= 0.6 is 0 Å². The van der Waals surface area contributed by atoms with E-state index in [0.29, 0.717) is 11.9 Å². The van der Waals surface area contributed by atoms with Gasteiger partial charge in [0.2, 0.25) is 5.88 Å². The first-order valence-corrected chi connectivity index (χ1v) is 9.78. The standard InChI is InChI=1S/C22H24N4O2/c27-19-13-26(14-19)12-15-1-2-17-10-20(5-3-16(17)9-15)28-22-6-4-18(11-23-22)21-7-8-24-25-21/h1-6,9-11,19,21,24-25,27H,7-8,12-14H2. The predicted octanol–water partition coefficient (Wildman–Crippen LogP) is 2.74. The minimum absolute atomic E-state index is 0.158. The molecule has 2 aromatic carbocycles. The van der Waals surface area contributed by atoms with Crippen LogP contribution < -0.4 is 15.6 Å². The Balaban J connectivity index is 1.28. The first-order valence-electron chi connectivity index (χ1n) is 9.78. The first kappa shape index (κ1) is 17.6. The van der Waals surface area contributed by atoms with Crippen LogP contribution in [-0.4, -0.2) is 40.7 Å². The Kier molecular flexibility index (Phi) is 4.70. The molecule has 0 radical (unpaired) electrons. The molecule has 3 aromatic rings. The molecule has 0 amide bonds. The van der Waals surface area contributed by atoms with Crippen molar-refractivity contribution in [1.82, 2.24) is 20.7 Å². The molecular formula is C22H24N4O2. The summed E-state index contributed by atoms with van der Waals surface area (Å²) in [4.78, 5) is 6.70. The lowest BCUT2D eigenvalue weighted by Gasteiger charge is -2.35. The fraction of sp³-hybridized carbons (Fsp3) is 0.318. The summed E-state index contributed by atoms with van der Waals surface area (Å²) >= 11 is 0. The molecule has 6 heteroatoms. The van der Waals surface area contributed by atoms with Crippen LogP contribution in [0.2, 0.25) is 0 Å². The van der Waals surface area contributed by atoms with Crippen LogP contribution in [0, 0.1) is 0 Å². The smallest absolute Gasteiger partial charge is 0.219 e. The summed E-state index contributed by atoms with van der Waals surface area (Å²) in [5.74, 6) is 1.38. The Bertz CT molecular complexity index is 964. The number of ether oxygens (including phenoxy) is 1. The maximum absolute atomic E-state index is 9.42. The largest absolute Gasteiger partial charge is 0.439 e. The normalized spacial score (nSPS) is 20.4. The van der Waals surface area contributed by atoms with E-state index in [4.69, 9.17) is 4.74 Å². The van der Waals surface area contributed by atoms with Crippen LogP contribution in [0.1, 0.15) is 23.6 Å². The number of aromatic nitrogens is 1. The Morgan fingerprint density at radius 1 is 1.07 bits per heavy atom. The Labute approximate surface area is 164 Å². The van der Waals surface area contributed by atoms with Gasteiger partial charge in [0, 0.05) is 44.5 Å². The number of rotatable bonds is 5. The number of aliphatic hydroxyl groups is 1. The number of benzene rings is 2. The van der Waals surface area contributed by atoms with Gasteiger partial charge in [-0.05, 0) is 46.5 Å². The monoisotopic (exact) mass is 376 g/mol. The minimum Gasteiger partial charge on any atom is -0.439 e. The molecule has 144 valence electrons. The van der Waals surface area contributed by atoms with Gasteiger partial charge in [-0.15, -0.1) is 0 Å². The van der Waals surface area contributed by atoms with E-state index < -0.39 is 0 Å². The molecule has 5 rings (SSSR count). The van der Waals surface area contributed by atoms with Gasteiger partial charge in [0.05, 0.1) is 6.10 Å². The summed E-state index contributed by atoms with van der Waals surface area (Å²) in [6.07, 6.45) is 2.78. The quantitative estimate of drug-likeness (QED) is 0.636. The number of nitrogens with zero attached hydrogens (tertiary/aromatic N) is 2. The molecule has 1 unspecified atom stereocenters. The SMILES string of the molecule is OC1CN(Cc2ccc3cc(Oc4ccc(C5CCNN5)cn4)ccc3c2)C1. The fourth-order valence-corrected chi connectivity index (χ4v) is 3.88. The third-order valence-corrected chi connectivity index (χ3v) is 5.44. The Morgan fingerprint density at radius 2 is 1.93 bits per heavy atom. The van der Waals surface area contributed by atoms with Gasteiger partial charge < -0.3 is 9.84 Å². The van der Waals surface area contributed by atoms with Crippen LogP contribution in [-0.2, 0) is 6.54 Å². The van der Waals surface area contributed by atoms with Gasteiger partial charge >= 0.3 is 0 Å². The van der Waals surface area contributed by atoms with E-state index >= 15 is 0 Å². The van der Waals surface area contributed by atoms with Crippen molar-refractivity contribution in [3.05, 3.63) is 65.9 Å². The second kappa shape index (κ2) is 7.48. The maximum atomic E-state index is 9.42. The lowest BCUT2D eigenvalue weighted by Crippen LogP contribution is -2.49. The highest BCUT2D eigenvalue weighted by Gasteiger charge is 2.23. The molecule has 1 aromatic heterocycles. The van der Waals surface area contributed by atoms with Gasteiger partial charge in [-0.3, -0.25) is 15.8 Å². The molecule has 2 aliphatic rings. The zero-order chi connectivity index (χ0) is 18.9. The molecule has 3 N–H and O–H groups in total. The molecule has 0 bridgehead atoms. The van der Waals surface area contributed by atoms with Crippen LogP contribution in [0.25, 0.3) is 10.8 Å². The summed E-state index contributed by atoms with van der Waals surface area (Å²) < 4.78 is 5.95. The van der Waals surface area contributed by atoms with Crippen LogP contribution in [0.4, 0.5) is 0 Å². The molecule has 2 aliphatic heterocycles. The molecule has 2 saturated heterocycles. The van der Waals surface area contributed by atoms with Crippen LogP contribution in [0.5, 0.6) is 11.6 Å². The number of hydrogen-bond donors (Lipinski definition) is 3. The second-order valence-electron chi connectivity index (χ2n) is 7.64. The van der Waals surface area contributed by atoms with Gasteiger partial charge in [0.1, 0.15) is 5.75 Å². The minimum atomic E-state index is -0.158. The Hall–Kier alpha value is -2.51. The zero-order valence-corrected chi connectivity index (χ0v) is 15.6. The number of β-amino-alcohol motifs (C(OH)–C–C–N with tert-alkyl or cyclic N) is 1. The summed E-state index contributed by atoms with van der Waals surface area (Å²) in [5, 5.41) is 11.8. The van der Waals surface area contributed by atoms with Crippen LogP contribution in [0.3, 0.4) is 0 Å². The number of pyridine rings is 1. The topological polar surface area (TPSA) is 69.7 Å². The predicted molar refractivity (Wildman–Crippen MR) is 108 cm³/mol. The highest BCUT2D eigenvalue weighted by Crippen LogP contribution is 2.27. The molecule has 0 spiro atoms. The van der Waals surface area contributed by atoms with Crippen molar-refractivity contribution < 1.29 is 9.84 Å². The average molecular weight is 376 g/mol. The number of hydrazine groups is 1. The molecule has 1 atom stereocenters. The summed E-state index contributed by atoms with van der Waals surface area (Å²) in [6, 6.07) is 16.9. The number of hydrogen-bond acceptors (Lipinski definition) is 6. The fourth-order valence-electron chi connectivity index (χ4n) is 3.88. The van der Waals surface area contributed by atoms with Crippen molar-refractivity contribution in [3.63, 3.8) is 0 Å². The van der Waals surface area contributed by atoms with E-state index in [1.165, 1.54) is 10.9 Å². The Morgan fingerprint density at radius 3 is 2.68 bits per heavy atom. The molecule has 3 heterocycles. The van der Waals surface area contributed by atoms with Crippen molar-refractivity contribution in [3.8, 4) is 11.6 Å². The van der Waals surface area contributed by atoms with Crippen molar-refractivity contribution in [2.45, 2.75) is 25.1 Å². The average Bonchev–Trinajstić information content (AvgIpc) is 3.22. The lowest BCUT2D eigenvalue weighted by atomic mass is 10.0. The molecule has 28 heavy (non-hydrogen) atoms. The van der Waals surface area contributed by atoms with Crippen molar-refractivity contribution in [2.75, 3.05) is 19.6 Å². The number of aliphatic hydroxyl groups excluding tert-OH is 1. The summed E-state index contributed by atoms with van der Waals surface area (Å²) in [7, 11) is 0. The van der Waals surface area contributed by atoms with Crippen molar-refractivity contribution >= 4 is 10.8 Å². The van der Waals surface area contributed by atoms with Gasteiger partial charge in [0.15, 0.2) is 0 Å². The van der Waals surface area contributed by atoms with E-state index in [2.05, 4.69) is 51.1 Å². The van der Waals surface area contributed by atoms with E-state index in [9.17, 15) is 5.11 Å². The van der Waals surface area contributed by atoms with E-state index in [0.717, 1.165) is 49.3 Å². The molecule has 0 aliphatic carbocycles. The number of fused-ring (bicyclic) bond motifs is 1. The van der Waals surface area contributed by atoms with Gasteiger partial charge in [-0.2, -0.15) is 0 Å². The molecule has 2 fully saturated rings. The second-order valence-corrected chi connectivity index (χ2v) is 7.64. The highest BCUT2D eigenvalue weighted by molar-refractivity contribution is 5.84. The van der Waals surface area contributed by atoms with Gasteiger partial charge in [0.25, 0.3) is 0 Å². The molecule has 0 saturated carbocycles. The third kappa shape index (κ3) is 3.72. The van der Waals surface area contributed by atoms with Crippen molar-refractivity contribution in [2.24, 2.45) is 0 Å². The summed E-state index contributed by atoms with van der Waals surface area (Å²) in [5.41, 5.74) is 8.81. The molecule has 6 nitrogen and oxygen atoms in total. The van der Waals surface area contributed by atoms with Gasteiger partial charge in [-0.1, -0.05) is 24.3 Å². The van der Waals surface area contributed by atoms with Gasteiger partial charge in [-0.25, -0.2) is 4.98 Å². The zero-order valence-electron chi connectivity index (χ0n) is 15.6. The maximum Gasteiger partial charge on any atom is 0.219 e. The van der Waals surface area contributed by atoms with Crippen LogP contribution in [0.15, 0.2) is 54.7 Å². The third-order valence-electron chi connectivity index (χ3n) is 5.44. The van der Waals surface area contributed by atoms with E-state index in [1.54, 1.807) is 0 Å².